The van der Waals surface area contributed by atoms with Gasteiger partial charge < -0.3 is 9.73 Å². The highest BCUT2D eigenvalue weighted by atomic mass is 16.4. The second-order valence-electron chi connectivity index (χ2n) is 5.17. The highest BCUT2D eigenvalue weighted by molar-refractivity contribution is 5.77. The molecule has 1 heterocycles. The van der Waals surface area contributed by atoms with Crippen molar-refractivity contribution in [3.63, 3.8) is 0 Å². The third-order valence-electron chi connectivity index (χ3n) is 2.82. The smallest absolute Gasteiger partial charge is 0.243 e. The van der Waals surface area contributed by atoms with Crippen LogP contribution in [-0.2, 0) is 4.79 Å². The minimum absolute atomic E-state index is 0.0234. The zero-order valence-electron chi connectivity index (χ0n) is 12.0. The van der Waals surface area contributed by atoms with Gasteiger partial charge in [0.25, 0.3) is 0 Å². The van der Waals surface area contributed by atoms with E-state index in [0.717, 1.165) is 5.56 Å². The summed E-state index contributed by atoms with van der Waals surface area (Å²) in [6.07, 6.45) is 0.469. The van der Waals surface area contributed by atoms with Gasteiger partial charge in [0.1, 0.15) is 6.04 Å². The summed E-state index contributed by atoms with van der Waals surface area (Å²) in [4.78, 5) is 12.0. The van der Waals surface area contributed by atoms with Crippen molar-refractivity contribution in [1.82, 2.24) is 15.5 Å². The number of nitrogens with one attached hydrogen (secondary N) is 1. The van der Waals surface area contributed by atoms with Crippen LogP contribution in [0.4, 0.5) is 0 Å². The van der Waals surface area contributed by atoms with Gasteiger partial charge in [0.15, 0.2) is 0 Å². The lowest BCUT2D eigenvalue weighted by molar-refractivity contribution is -0.122. The number of aromatic nitrogens is 2. The lowest BCUT2D eigenvalue weighted by Gasteiger charge is -2.16. The zero-order valence-corrected chi connectivity index (χ0v) is 12.0. The Kier molecular flexibility index (Phi) is 4.50. The predicted octanol–water partition coefficient (Wildman–Crippen LogP) is 2.63. The molecule has 0 aliphatic carbocycles. The van der Waals surface area contributed by atoms with Crippen molar-refractivity contribution in [3.8, 4) is 0 Å². The third-order valence-corrected chi connectivity index (χ3v) is 2.82. The van der Waals surface area contributed by atoms with E-state index >= 15 is 0 Å². The summed E-state index contributed by atoms with van der Waals surface area (Å²) in [6, 6.07) is 9.22. The van der Waals surface area contributed by atoms with Crippen LogP contribution >= 0.6 is 0 Å². The Morgan fingerprint density at radius 3 is 2.50 bits per heavy atom. The number of carbonyl (C=O) groups excluding carboxylic acids is 1. The van der Waals surface area contributed by atoms with Gasteiger partial charge in [-0.25, -0.2) is 0 Å². The summed E-state index contributed by atoms with van der Waals surface area (Å²) in [5, 5.41) is 10.8. The molecule has 0 aliphatic rings. The quantitative estimate of drug-likeness (QED) is 0.909. The van der Waals surface area contributed by atoms with E-state index in [1.54, 1.807) is 6.92 Å². The Morgan fingerprint density at radius 1 is 1.25 bits per heavy atom. The molecule has 106 valence electrons. The first-order valence-corrected chi connectivity index (χ1v) is 6.70. The molecule has 1 amide bonds. The topological polar surface area (TPSA) is 68.0 Å². The van der Waals surface area contributed by atoms with Gasteiger partial charge in [-0.15, -0.1) is 10.2 Å². The molecule has 0 fully saturated rings. The third kappa shape index (κ3) is 3.66. The molecule has 0 bridgehead atoms. The highest BCUT2D eigenvalue weighted by Gasteiger charge is 2.22. The minimum atomic E-state index is -0.399. The van der Waals surface area contributed by atoms with Crippen molar-refractivity contribution in [2.45, 2.75) is 33.2 Å². The number of aryl methyl sites for hydroxylation is 1. The number of rotatable bonds is 5. The lowest BCUT2D eigenvalue weighted by Crippen LogP contribution is -2.30. The van der Waals surface area contributed by atoms with E-state index < -0.39 is 6.04 Å². The van der Waals surface area contributed by atoms with Gasteiger partial charge in [-0.3, -0.25) is 4.79 Å². The number of benzene rings is 1. The monoisotopic (exact) mass is 273 g/mol. The molecule has 1 unspecified atom stereocenters. The summed E-state index contributed by atoms with van der Waals surface area (Å²) in [7, 11) is 0. The van der Waals surface area contributed by atoms with Crippen LogP contribution in [0.25, 0.3) is 0 Å². The standard InChI is InChI=1S/C15H19N3O2/c1-10(2)9-13(19)16-14(12-7-5-4-6-8-12)15-18-17-11(3)20-15/h4-8,10,14H,9H2,1-3H3,(H,16,19). The van der Waals surface area contributed by atoms with Gasteiger partial charge in [-0.2, -0.15) is 0 Å². The fourth-order valence-corrected chi connectivity index (χ4v) is 1.95. The van der Waals surface area contributed by atoms with Crippen LogP contribution in [0.5, 0.6) is 0 Å². The number of carbonyl (C=O) groups is 1. The van der Waals surface area contributed by atoms with Gasteiger partial charge in [0.05, 0.1) is 0 Å². The maximum atomic E-state index is 12.0. The molecule has 0 saturated carbocycles. The molecule has 2 aromatic rings. The van der Waals surface area contributed by atoms with Crippen molar-refractivity contribution in [3.05, 3.63) is 47.7 Å². The maximum Gasteiger partial charge on any atom is 0.243 e. The fraction of sp³-hybridized carbons (Fsp3) is 0.400. The first-order chi connectivity index (χ1) is 9.56. The molecule has 1 N–H and O–H groups in total. The van der Waals surface area contributed by atoms with Crippen LogP contribution in [-0.4, -0.2) is 16.1 Å². The fourth-order valence-electron chi connectivity index (χ4n) is 1.95. The van der Waals surface area contributed by atoms with Crippen molar-refractivity contribution < 1.29 is 9.21 Å². The van der Waals surface area contributed by atoms with Gasteiger partial charge in [-0.1, -0.05) is 44.2 Å². The first-order valence-electron chi connectivity index (χ1n) is 6.70. The zero-order chi connectivity index (χ0) is 14.5. The normalized spacial score (nSPS) is 12.4. The predicted molar refractivity (Wildman–Crippen MR) is 74.9 cm³/mol. The summed E-state index contributed by atoms with van der Waals surface area (Å²) in [5.74, 6) is 1.17. The van der Waals surface area contributed by atoms with Crippen LogP contribution in [0.2, 0.25) is 0 Å². The van der Waals surface area contributed by atoms with E-state index in [1.807, 2.05) is 44.2 Å². The minimum Gasteiger partial charge on any atom is -0.423 e. The number of hydrogen-bond donors (Lipinski definition) is 1. The van der Waals surface area contributed by atoms with Crippen LogP contribution in [0.1, 0.15) is 43.7 Å². The molecule has 2 rings (SSSR count). The molecule has 1 atom stereocenters. The summed E-state index contributed by atoms with van der Waals surface area (Å²) >= 11 is 0. The second kappa shape index (κ2) is 6.32. The molecular formula is C15H19N3O2. The van der Waals surface area contributed by atoms with E-state index in [1.165, 1.54) is 0 Å². The van der Waals surface area contributed by atoms with Crippen LogP contribution in [0, 0.1) is 12.8 Å². The molecule has 0 radical (unpaired) electrons. The summed E-state index contributed by atoms with van der Waals surface area (Å²) in [6.45, 7) is 5.75. The molecule has 5 heteroatoms. The molecule has 5 nitrogen and oxygen atoms in total. The molecule has 1 aromatic heterocycles. The Balaban J connectivity index is 2.23. The van der Waals surface area contributed by atoms with E-state index in [9.17, 15) is 4.79 Å². The second-order valence-corrected chi connectivity index (χ2v) is 5.17. The summed E-state index contributed by atoms with van der Waals surface area (Å²) < 4.78 is 5.47. The van der Waals surface area contributed by atoms with E-state index in [-0.39, 0.29) is 5.91 Å². The largest absolute Gasteiger partial charge is 0.423 e. The number of nitrogens with zero attached hydrogens (tertiary/aromatic N) is 2. The Hall–Kier alpha value is -2.17. The maximum absolute atomic E-state index is 12.0. The average molecular weight is 273 g/mol. The van der Waals surface area contributed by atoms with Gasteiger partial charge >= 0.3 is 0 Å². The van der Waals surface area contributed by atoms with E-state index in [2.05, 4.69) is 15.5 Å². The molecule has 0 saturated heterocycles. The van der Waals surface area contributed by atoms with E-state index in [4.69, 9.17) is 4.42 Å². The van der Waals surface area contributed by atoms with Gasteiger partial charge in [0.2, 0.25) is 17.7 Å². The van der Waals surface area contributed by atoms with Gasteiger partial charge in [0, 0.05) is 13.3 Å². The van der Waals surface area contributed by atoms with Crippen molar-refractivity contribution in [2.24, 2.45) is 5.92 Å². The summed E-state index contributed by atoms with van der Waals surface area (Å²) in [5.41, 5.74) is 0.924. The molecule has 20 heavy (non-hydrogen) atoms. The van der Waals surface area contributed by atoms with Crippen LogP contribution in [0.15, 0.2) is 34.7 Å². The lowest BCUT2D eigenvalue weighted by atomic mass is 10.1. The molecule has 0 spiro atoms. The number of amides is 1. The Labute approximate surface area is 118 Å². The van der Waals surface area contributed by atoms with Crippen LogP contribution < -0.4 is 5.32 Å². The molecule has 1 aromatic carbocycles. The van der Waals surface area contributed by atoms with Crippen molar-refractivity contribution in [2.75, 3.05) is 0 Å². The van der Waals surface area contributed by atoms with Crippen molar-refractivity contribution >= 4 is 5.91 Å². The first kappa shape index (κ1) is 14.2. The SMILES string of the molecule is Cc1nnc(C(NC(=O)CC(C)C)c2ccccc2)o1. The average Bonchev–Trinajstić information content (AvgIpc) is 2.82. The molecule has 0 aliphatic heterocycles. The van der Waals surface area contributed by atoms with Crippen molar-refractivity contribution in [1.29, 1.82) is 0 Å². The Bertz CT molecular complexity index is 564. The number of hydrogen-bond acceptors (Lipinski definition) is 4. The van der Waals surface area contributed by atoms with Crippen LogP contribution in [0.3, 0.4) is 0 Å². The van der Waals surface area contributed by atoms with E-state index in [0.29, 0.717) is 24.1 Å². The molecular weight excluding hydrogens is 254 g/mol. The highest BCUT2D eigenvalue weighted by Crippen LogP contribution is 2.21. The Morgan fingerprint density at radius 2 is 1.95 bits per heavy atom. The van der Waals surface area contributed by atoms with Gasteiger partial charge in [-0.05, 0) is 11.5 Å².